The van der Waals surface area contributed by atoms with E-state index in [0.29, 0.717) is 21.4 Å². The summed E-state index contributed by atoms with van der Waals surface area (Å²) in [4.78, 5) is 26.1. The first-order valence-corrected chi connectivity index (χ1v) is 8.44. The molecule has 0 spiro atoms. The molecule has 7 heteroatoms. The SMILES string of the molecule is C[C@H](C(=O)Nc1ccccc1)N(C)CC(=O)Nc1c(Cl)cccc1Cl. The normalized spacial score (nSPS) is 11.9. The van der Waals surface area contributed by atoms with Crippen LogP contribution in [0.2, 0.25) is 10.0 Å². The van der Waals surface area contributed by atoms with E-state index in [-0.39, 0.29) is 18.4 Å². The molecule has 2 amide bonds. The van der Waals surface area contributed by atoms with Gasteiger partial charge in [-0.1, -0.05) is 47.5 Å². The average molecular weight is 380 g/mol. The number of para-hydroxylation sites is 2. The van der Waals surface area contributed by atoms with Crippen molar-refractivity contribution in [2.75, 3.05) is 24.2 Å². The number of carbonyl (C=O) groups is 2. The zero-order valence-electron chi connectivity index (χ0n) is 13.9. The Morgan fingerprint density at radius 1 is 1.00 bits per heavy atom. The van der Waals surface area contributed by atoms with Crippen molar-refractivity contribution in [1.29, 1.82) is 0 Å². The summed E-state index contributed by atoms with van der Waals surface area (Å²) in [5, 5.41) is 6.21. The topological polar surface area (TPSA) is 61.4 Å². The molecule has 0 aliphatic carbocycles. The number of hydrogen-bond donors (Lipinski definition) is 2. The van der Waals surface area contributed by atoms with Crippen LogP contribution in [0.4, 0.5) is 11.4 Å². The summed E-state index contributed by atoms with van der Waals surface area (Å²) in [6.45, 7) is 1.75. The van der Waals surface area contributed by atoms with Gasteiger partial charge in [-0.25, -0.2) is 0 Å². The highest BCUT2D eigenvalue weighted by Crippen LogP contribution is 2.29. The summed E-state index contributed by atoms with van der Waals surface area (Å²) >= 11 is 12.1. The van der Waals surface area contributed by atoms with Gasteiger partial charge in [0, 0.05) is 5.69 Å². The van der Waals surface area contributed by atoms with Crippen molar-refractivity contribution in [3.8, 4) is 0 Å². The molecule has 132 valence electrons. The largest absolute Gasteiger partial charge is 0.325 e. The third-order valence-corrected chi connectivity index (χ3v) is 4.33. The van der Waals surface area contributed by atoms with E-state index in [9.17, 15) is 9.59 Å². The van der Waals surface area contributed by atoms with Crippen molar-refractivity contribution >= 4 is 46.4 Å². The van der Waals surface area contributed by atoms with Gasteiger partial charge >= 0.3 is 0 Å². The van der Waals surface area contributed by atoms with Gasteiger partial charge in [-0.05, 0) is 38.2 Å². The molecule has 0 fully saturated rings. The van der Waals surface area contributed by atoms with Crippen LogP contribution < -0.4 is 10.6 Å². The number of likely N-dealkylation sites (N-methyl/N-ethyl adjacent to an activating group) is 1. The minimum absolute atomic E-state index is 0.0188. The molecule has 2 N–H and O–H groups in total. The fourth-order valence-electron chi connectivity index (χ4n) is 2.13. The zero-order valence-corrected chi connectivity index (χ0v) is 15.4. The van der Waals surface area contributed by atoms with Gasteiger partial charge in [0.2, 0.25) is 11.8 Å². The van der Waals surface area contributed by atoms with Crippen molar-refractivity contribution in [2.45, 2.75) is 13.0 Å². The van der Waals surface area contributed by atoms with Gasteiger partial charge in [0.15, 0.2) is 0 Å². The van der Waals surface area contributed by atoms with Crippen molar-refractivity contribution in [1.82, 2.24) is 4.90 Å². The van der Waals surface area contributed by atoms with E-state index >= 15 is 0 Å². The van der Waals surface area contributed by atoms with Gasteiger partial charge < -0.3 is 10.6 Å². The lowest BCUT2D eigenvalue weighted by Crippen LogP contribution is -2.43. The number of nitrogens with one attached hydrogen (secondary N) is 2. The van der Waals surface area contributed by atoms with E-state index < -0.39 is 6.04 Å². The standard InChI is InChI=1S/C18H19Cl2N3O2/c1-12(18(25)21-13-7-4-3-5-8-13)23(2)11-16(24)22-17-14(19)9-6-10-15(17)20/h3-10,12H,11H2,1-2H3,(H,21,25)(H,22,24)/t12-/m1/s1. The Hall–Kier alpha value is -2.08. The first-order valence-electron chi connectivity index (χ1n) is 7.68. The van der Waals surface area contributed by atoms with Crippen LogP contribution >= 0.6 is 23.2 Å². The number of amides is 2. The summed E-state index contributed by atoms with van der Waals surface area (Å²) in [7, 11) is 1.70. The van der Waals surface area contributed by atoms with E-state index in [1.807, 2.05) is 18.2 Å². The predicted octanol–water partition coefficient (Wildman–Crippen LogP) is 3.89. The molecule has 1 atom stereocenters. The summed E-state index contributed by atoms with van der Waals surface area (Å²) in [6.07, 6.45) is 0. The second-order valence-electron chi connectivity index (χ2n) is 5.59. The maximum absolute atomic E-state index is 12.3. The molecular formula is C18H19Cl2N3O2. The molecule has 0 aliphatic heterocycles. The first-order chi connectivity index (χ1) is 11.9. The Morgan fingerprint density at radius 3 is 2.20 bits per heavy atom. The average Bonchev–Trinajstić information content (AvgIpc) is 2.58. The molecular weight excluding hydrogens is 361 g/mol. The maximum atomic E-state index is 12.3. The predicted molar refractivity (Wildman–Crippen MR) is 102 cm³/mol. The Morgan fingerprint density at radius 2 is 1.60 bits per heavy atom. The van der Waals surface area contributed by atoms with Gasteiger partial charge in [-0.15, -0.1) is 0 Å². The lowest BCUT2D eigenvalue weighted by atomic mass is 10.2. The smallest absolute Gasteiger partial charge is 0.241 e. The molecule has 2 aromatic rings. The molecule has 0 radical (unpaired) electrons. The fourth-order valence-corrected chi connectivity index (χ4v) is 2.62. The highest BCUT2D eigenvalue weighted by molar-refractivity contribution is 6.39. The van der Waals surface area contributed by atoms with Gasteiger partial charge in [0.1, 0.15) is 0 Å². The molecule has 0 unspecified atom stereocenters. The van der Waals surface area contributed by atoms with Gasteiger partial charge in [-0.3, -0.25) is 14.5 Å². The maximum Gasteiger partial charge on any atom is 0.241 e. The van der Waals surface area contributed by atoms with Crippen LogP contribution in [0.25, 0.3) is 0 Å². The van der Waals surface area contributed by atoms with Gasteiger partial charge in [0.05, 0.1) is 28.3 Å². The van der Waals surface area contributed by atoms with E-state index in [1.165, 1.54) is 0 Å². The minimum Gasteiger partial charge on any atom is -0.325 e. The molecule has 0 bridgehead atoms. The minimum atomic E-state index is -0.493. The lowest BCUT2D eigenvalue weighted by Gasteiger charge is -2.23. The van der Waals surface area contributed by atoms with Crippen molar-refractivity contribution in [3.05, 3.63) is 58.6 Å². The second-order valence-corrected chi connectivity index (χ2v) is 6.41. The number of rotatable bonds is 6. The Labute approximate surface area is 156 Å². The summed E-state index contributed by atoms with van der Waals surface area (Å²) in [5.41, 5.74) is 1.07. The van der Waals surface area contributed by atoms with E-state index in [0.717, 1.165) is 0 Å². The number of benzene rings is 2. The molecule has 25 heavy (non-hydrogen) atoms. The van der Waals surface area contributed by atoms with Crippen LogP contribution in [0, 0.1) is 0 Å². The molecule has 0 heterocycles. The van der Waals surface area contributed by atoms with Crippen molar-refractivity contribution in [2.24, 2.45) is 0 Å². The van der Waals surface area contributed by atoms with Crippen LogP contribution in [-0.4, -0.2) is 36.3 Å². The van der Waals surface area contributed by atoms with E-state index in [1.54, 1.807) is 49.2 Å². The zero-order chi connectivity index (χ0) is 18.4. The quantitative estimate of drug-likeness (QED) is 0.799. The van der Waals surface area contributed by atoms with Crippen LogP contribution in [-0.2, 0) is 9.59 Å². The number of halogens is 2. The van der Waals surface area contributed by atoms with Crippen LogP contribution in [0.5, 0.6) is 0 Å². The molecule has 0 aliphatic rings. The molecule has 0 aromatic heterocycles. The lowest BCUT2D eigenvalue weighted by molar-refractivity contribution is -0.122. The third kappa shape index (κ3) is 5.46. The fraction of sp³-hybridized carbons (Fsp3) is 0.222. The first kappa shape index (κ1) is 19.2. The Bertz CT molecular complexity index is 733. The number of carbonyl (C=O) groups excluding carboxylic acids is 2. The number of hydrogen-bond acceptors (Lipinski definition) is 3. The molecule has 2 aromatic carbocycles. The second kappa shape index (κ2) is 8.85. The van der Waals surface area contributed by atoms with Crippen molar-refractivity contribution in [3.63, 3.8) is 0 Å². The molecule has 2 rings (SSSR count). The van der Waals surface area contributed by atoms with Crippen molar-refractivity contribution < 1.29 is 9.59 Å². The van der Waals surface area contributed by atoms with Gasteiger partial charge in [-0.2, -0.15) is 0 Å². The van der Waals surface area contributed by atoms with E-state index in [4.69, 9.17) is 23.2 Å². The Kier molecular flexibility index (Phi) is 6.82. The molecule has 0 saturated heterocycles. The highest BCUT2D eigenvalue weighted by Gasteiger charge is 2.21. The number of nitrogens with zero attached hydrogens (tertiary/aromatic N) is 1. The highest BCUT2D eigenvalue weighted by atomic mass is 35.5. The van der Waals surface area contributed by atoms with Crippen LogP contribution in [0.3, 0.4) is 0 Å². The van der Waals surface area contributed by atoms with Crippen LogP contribution in [0.1, 0.15) is 6.92 Å². The summed E-state index contributed by atoms with van der Waals surface area (Å²) in [5.74, 6) is -0.505. The van der Waals surface area contributed by atoms with E-state index in [2.05, 4.69) is 10.6 Å². The van der Waals surface area contributed by atoms with Gasteiger partial charge in [0.25, 0.3) is 0 Å². The number of anilines is 2. The molecule has 5 nitrogen and oxygen atoms in total. The Balaban J connectivity index is 1.92. The van der Waals surface area contributed by atoms with Crippen LogP contribution in [0.15, 0.2) is 48.5 Å². The summed E-state index contributed by atoms with van der Waals surface area (Å²) in [6, 6.07) is 13.6. The summed E-state index contributed by atoms with van der Waals surface area (Å²) < 4.78 is 0. The third-order valence-electron chi connectivity index (χ3n) is 3.70. The molecule has 0 saturated carbocycles. The monoisotopic (exact) mass is 379 g/mol.